The Kier molecular flexibility index (Phi) is 4.97. The highest BCUT2D eigenvalue weighted by Crippen LogP contribution is 2.08. The first-order chi connectivity index (χ1) is 8.15. The summed E-state index contributed by atoms with van der Waals surface area (Å²) in [6.07, 6.45) is 0.313. The number of amides is 2. The van der Waals surface area contributed by atoms with Gasteiger partial charge in [-0.05, 0) is 17.7 Å². The maximum atomic E-state index is 11.9. The normalized spacial score (nSPS) is 14.7. The van der Waals surface area contributed by atoms with Crippen LogP contribution in [-0.4, -0.2) is 36.3 Å². The summed E-state index contributed by atoms with van der Waals surface area (Å²) in [6, 6.07) is 7.20. The Balaban J connectivity index is 0.00000162. The molecule has 0 spiro atoms. The SMILES string of the molecule is Cl.Nc1ccc(CC(=O)N2CCNC(=O)C2)cc1. The molecule has 1 aliphatic heterocycles. The number of anilines is 1. The van der Waals surface area contributed by atoms with E-state index in [1.807, 2.05) is 12.1 Å². The monoisotopic (exact) mass is 269 g/mol. The fourth-order valence-corrected chi connectivity index (χ4v) is 1.77. The zero-order valence-electron chi connectivity index (χ0n) is 9.89. The molecule has 6 heteroatoms. The van der Waals surface area contributed by atoms with Crippen LogP contribution in [-0.2, 0) is 16.0 Å². The van der Waals surface area contributed by atoms with Gasteiger partial charge < -0.3 is 16.0 Å². The van der Waals surface area contributed by atoms with Crippen LogP contribution in [0.5, 0.6) is 0 Å². The van der Waals surface area contributed by atoms with Gasteiger partial charge >= 0.3 is 0 Å². The summed E-state index contributed by atoms with van der Waals surface area (Å²) in [5.41, 5.74) is 7.16. The van der Waals surface area contributed by atoms with Crippen molar-refractivity contribution in [3.8, 4) is 0 Å². The number of piperazine rings is 1. The van der Waals surface area contributed by atoms with Crippen LogP contribution in [0, 0.1) is 0 Å². The number of nitrogens with one attached hydrogen (secondary N) is 1. The first-order valence-corrected chi connectivity index (χ1v) is 5.54. The predicted molar refractivity (Wildman–Crippen MR) is 71.4 cm³/mol. The second-order valence-electron chi connectivity index (χ2n) is 4.08. The lowest BCUT2D eigenvalue weighted by molar-refractivity contribution is -0.137. The molecule has 3 N–H and O–H groups in total. The number of hydrogen-bond acceptors (Lipinski definition) is 3. The van der Waals surface area contributed by atoms with Crippen molar-refractivity contribution in [1.82, 2.24) is 10.2 Å². The van der Waals surface area contributed by atoms with E-state index >= 15 is 0 Å². The average Bonchev–Trinajstić information content (AvgIpc) is 2.32. The van der Waals surface area contributed by atoms with E-state index in [0.717, 1.165) is 5.56 Å². The molecule has 1 aromatic rings. The maximum absolute atomic E-state index is 11.9. The van der Waals surface area contributed by atoms with Crippen LogP contribution in [0.3, 0.4) is 0 Å². The molecule has 0 aliphatic carbocycles. The van der Waals surface area contributed by atoms with Crippen molar-refractivity contribution in [1.29, 1.82) is 0 Å². The molecular weight excluding hydrogens is 254 g/mol. The third kappa shape index (κ3) is 3.63. The van der Waals surface area contributed by atoms with Crippen molar-refractivity contribution in [2.45, 2.75) is 6.42 Å². The maximum Gasteiger partial charge on any atom is 0.239 e. The molecule has 1 heterocycles. The predicted octanol–water partition coefficient (Wildman–Crippen LogP) is 0.191. The zero-order valence-corrected chi connectivity index (χ0v) is 10.7. The highest BCUT2D eigenvalue weighted by molar-refractivity contribution is 5.86. The fraction of sp³-hybridized carbons (Fsp3) is 0.333. The van der Waals surface area contributed by atoms with Gasteiger partial charge in [0.25, 0.3) is 0 Å². The average molecular weight is 270 g/mol. The first kappa shape index (κ1) is 14.3. The molecule has 0 bridgehead atoms. The van der Waals surface area contributed by atoms with Crippen molar-refractivity contribution in [2.75, 3.05) is 25.4 Å². The van der Waals surface area contributed by atoms with Gasteiger partial charge in [0.05, 0.1) is 13.0 Å². The zero-order chi connectivity index (χ0) is 12.3. The summed E-state index contributed by atoms with van der Waals surface area (Å²) < 4.78 is 0. The van der Waals surface area contributed by atoms with Crippen LogP contribution in [0.4, 0.5) is 5.69 Å². The van der Waals surface area contributed by atoms with Gasteiger partial charge in [0.2, 0.25) is 11.8 Å². The van der Waals surface area contributed by atoms with Crippen LogP contribution in [0.1, 0.15) is 5.56 Å². The highest BCUT2D eigenvalue weighted by atomic mass is 35.5. The molecule has 0 atom stereocenters. The Morgan fingerprint density at radius 1 is 1.33 bits per heavy atom. The summed E-state index contributed by atoms with van der Waals surface area (Å²) in [6.45, 7) is 1.28. The van der Waals surface area contributed by atoms with Crippen LogP contribution in [0.25, 0.3) is 0 Å². The van der Waals surface area contributed by atoms with Crippen molar-refractivity contribution in [3.05, 3.63) is 29.8 Å². The Bertz CT molecular complexity index is 433. The number of carbonyl (C=O) groups is 2. The number of hydrogen-bond donors (Lipinski definition) is 2. The van der Waals surface area contributed by atoms with Crippen molar-refractivity contribution >= 4 is 29.9 Å². The smallest absolute Gasteiger partial charge is 0.239 e. The van der Waals surface area contributed by atoms with Gasteiger partial charge in [0.15, 0.2) is 0 Å². The van der Waals surface area contributed by atoms with Crippen molar-refractivity contribution in [2.24, 2.45) is 0 Å². The van der Waals surface area contributed by atoms with E-state index < -0.39 is 0 Å². The van der Waals surface area contributed by atoms with E-state index in [0.29, 0.717) is 25.2 Å². The molecule has 1 saturated heterocycles. The second-order valence-corrected chi connectivity index (χ2v) is 4.08. The van der Waals surface area contributed by atoms with Crippen LogP contribution in [0.15, 0.2) is 24.3 Å². The first-order valence-electron chi connectivity index (χ1n) is 5.54. The molecule has 1 aromatic carbocycles. The fourth-order valence-electron chi connectivity index (χ4n) is 1.77. The highest BCUT2D eigenvalue weighted by Gasteiger charge is 2.20. The molecule has 0 radical (unpaired) electrons. The van der Waals surface area contributed by atoms with E-state index in [1.54, 1.807) is 17.0 Å². The topological polar surface area (TPSA) is 75.4 Å². The standard InChI is InChI=1S/C12H15N3O2.ClH/c13-10-3-1-9(2-4-10)7-12(17)15-6-5-14-11(16)8-15;/h1-4H,5-8,13H2,(H,14,16);1H. The molecule has 0 saturated carbocycles. The summed E-state index contributed by atoms with van der Waals surface area (Å²) in [5.74, 6) is -0.119. The summed E-state index contributed by atoms with van der Waals surface area (Å²) in [7, 11) is 0. The molecule has 18 heavy (non-hydrogen) atoms. The van der Waals surface area contributed by atoms with Gasteiger partial charge in [-0.15, -0.1) is 12.4 Å². The number of halogens is 1. The molecule has 0 aromatic heterocycles. The van der Waals surface area contributed by atoms with Gasteiger partial charge in [-0.3, -0.25) is 9.59 Å². The lowest BCUT2D eigenvalue weighted by Crippen LogP contribution is -2.50. The third-order valence-electron chi connectivity index (χ3n) is 2.73. The van der Waals surface area contributed by atoms with E-state index in [9.17, 15) is 9.59 Å². The molecule has 2 amide bonds. The van der Waals surface area contributed by atoms with Crippen LogP contribution in [0.2, 0.25) is 0 Å². The van der Waals surface area contributed by atoms with Crippen LogP contribution >= 0.6 is 12.4 Å². The Labute approximate surface area is 112 Å². The van der Waals surface area contributed by atoms with Gasteiger partial charge in [0, 0.05) is 18.8 Å². The number of nitrogen functional groups attached to an aromatic ring is 1. The molecular formula is C12H16ClN3O2. The van der Waals surface area contributed by atoms with E-state index in [-0.39, 0.29) is 30.8 Å². The summed E-state index contributed by atoms with van der Waals surface area (Å²) >= 11 is 0. The Morgan fingerprint density at radius 3 is 2.61 bits per heavy atom. The lowest BCUT2D eigenvalue weighted by atomic mass is 10.1. The van der Waals surface area contributed by atoms with Crippen molar-refractivity contribution in [3.63, 3.8) is 0 Å². The third-order valence-corrected chi connectivity index (χ3v) is 2.73. The van der Waals surface area contributed by atoms with E-state index in [4.69, 9.17) is 5.73 Å². The van der Waals surface area contributed by atoms with E-state index in [1.165, 1.54) is 0 Å². The quantitative estimate of drug-likeness (QED) is 0.753. The van der Waals surface area contributed by atoms with Gasteiger partial charge in [-0.2, -0.15) is 0 Å². The Hall–Kier alpha value is -1.75. The minimum absolute atomic E-state index is 0. The number of nitrogens with zero attached hydrogens (tertiary/aromatic N) is 1. The van der Waals surface area contributed by atoms with Crippen LogP contribution < -0.4 is 11.1 Å². The minimum Gasteiger partial charge on any atom is -0.399 e. The molecule has 5 nitrogen and oxygen atoms in total. The second kappa shape index (κ2) is 6.26. The van der Waals surface area contributed by atoms with Gasteiger partial charge in [-0.1, -0.05) is 12.1 Å². The Morgan fingerprint density at radius 2 is 2.00 bits per heavy atom. The molecule has 98 valence electrons. The number of benzene rings is 1. The van der Waals surface area contributed by atoms with Gasteiger partial charge in [0.1, 0.15) is 0 Å². The molecule has 2 rings (SSSR count). The molecule has 1 aliphatic rings. The largest absolute Gasteiger partial charge is 0.399 e. The molecule has 1 fully saturated rings. The minimum atomic E-state index is -0.0955. The van der Waals surface area contributed by atoms with E-state index in [2.05, 4.69) is 5.32 Å². The summed E-state index contributed by atoms with van der Waals surface area (Å²) in [5, 5.41) is 2.69. The molecule has 0 unspecified atom stereocenters. The number of rotatable bonds is 2. The summed E-state index contributed by atoms with van der Waals surface area (Å²) in [4.78, 5) is 24.6. The van der Waals surface area contributed by atoms with Gasteiger partial charge in [-0.25, -0.2) is 0 Å². The lowest BCUT2D eigenvalue weighted by Gasteiger charge is -2.26. The van der Waals surface area contributed by atoms with Crippen molar-refractivity contribution < 1.29 is 9.59 Å². The number of carbonyl (C=O) groups excluding carboxylic acids is 2. The number of nitrogens with two attached hydrogens (primary N) is 1.